The lowest BCUT2D eigenvalue weighted by molar-refractivity contribution is 0.0688. The summed E-state index contributed by atoms with van der Waals surface area (Å²) in [5.41, 5.74) is 5.56. The van der Waals surface area contributed by atoms with E-state index in [0.717, 1.165) is 10.9 Å². The molecule has 74 valence electrons. The van der Waals surface area contributed by atoms with Gasteiger partial charge >= 0.3 is 0 Å². The lowest BCUT2D eigenvalue weighted by atomic mass is 9.96. The molecule has 14 heavy (non-hydrogen) atoms. The molecule has 2 aromatic rings. The van der Waals surface area contributed by atoms with Gasteiger partial charge in [0.25, 0.3) is 0 Å². The van der Waals surface area contributed by atoms with Gasteiger partial charge in [0.15, 0.2) is 0 Å². The summed E-state index contributed by atoms with van der Waals surface area (Å²) < 4.78 is 1.19. The maximum absolute atomic E-state index is 10.1. The number of thiophene rings is 1. The van der Waals surface area contributed by atoms with Crippen LogP contribution in [-0.2, 0) is 5.60 Å². The Morgan fingerprint density at radius 3 is 2.86 bits per heavy atom. The minimum atomic E-state index is -0.917. The van der Waals surface area contributed by atoms with Crippen LogP contribution in [0.2, 0.25) is 0 Å². The summed E-state index contributed by atoms with van der Waals surface area (Å²) in [6.07, 6.45) is 0. The van der Waals surface area contributed by atoms with Gasteiger partial charge in [-0.2, -0.15) is 0 Å². The molecule has 1 aromatic carbocycles. The highest BCUT2D eigenvalue weighted by atomic mass is 32.1. The second kappa shape index (κ2) is 3.35. The Bertz CT molecular complexity index is 447. The van der Waals surface area contributed by atoms with E-state index >= 15 is 0 Å². The van der Waals surface area contributed by atoms with E-state index in [1.165, 1.54) is 4.70 Å². The average molecular weight is 207 g/mol. The molecule has 0 aliphatic heterocycles. The van der Waals surface area contributed by atoms with E-state index in [2.05, 4.69) is 6.07 Å². The van der Waals surface area contributed by atoms with Gasteiger partial charge in [0.05, 0.1) is 0 Å². The van der Waals surface area contributed by atoms with Gasteiger partial charge < -0.3 is 10.8 Å². The highest BCUT2D eigenvalue weighted by Crippen LogP contribution is 2.32. The van der Waals surface area contributed by atoms with Crippen molar-refractivity contribution in [1.29, 1.82) is 0 Å². The van der Waals surface area contributed by atoms with Crippen molar-refractivity contribution in [3.05, 3.63) is 35.2 Å². The Balaban J connectivity index is 2.64. The Kier molecular flexibility index (Phi) is 2.31. The number of benzene rings is 1. The van der Waals surface area contributed by atoms with E-state index in [1.54, 1.807) is 18.3 Å². The first-order valence-electron chi connectivity index (χ1n) is 4.54. The maximum Gasteiger partial charge on any atom is 0.100 e. The fourth-order valence-corrected chi connectivity index (χ4v) is 2.59. The predicted molar refractivity (Wildman–Crippen MR) is 60.5 cm³/mol. The number of rotatable bonds is 2. The van der Waals surface area contributed by atoms with Crippen LogP contribution in [0.15, 0.2) is 29.6 Å². The van der Waals surface area contributed by atoms with E-state index in [4.69, 9.17) is 5.73 Å². The second-order valence-electron chi connectivity index (χ2n) is 3.62. The third kappa shape index (κ3) is 1.43. The highest BCUT2D eigenvalue weighted by Gasteiger charge is 2.24. The van der Waals surface area contributed by atoms with Gasteiger partial charge in [0.2, 0.25) is 0 Å². The van der Waals surface area contributed by atoms with Crippen LogP contribution in [0.5, 0.6) is 0 Å². The minimum absolute atomic E-state index is 0.244. The van der Waals surface area contributed by atoms with Crippen molar-refractivity contribution in [3.63, 3.8) is 0 Å². The first-order valence-corrected chi connectivity index (χ1v) is 5.42. The van der Waals surface area contributed by atoms with Crippen LogP contribution in [0.3, 0.4) is 0 Å². The standard InChI is InChI=1S/C11H13NOS/c1-11(13,7-12)9-6-14-10-5-3-2-4-8(9)10/h2-6,13H,7,12H2,1H3. The van der Waals surface area contributed by atoms with Crippen molar-refractivity contribution >= 4 is 21.4 Å². The molecule has 3 N–H and O–H groups in total. The molecule has 0 amide bonds. The molecule has 1 aromatic heterocycles. The Morgan fingerprint density at radius 1 is 1.43 bits per heavy atom. The number of fused-ring (bicyclic) bond motifs is 1. The SMILES string of the molecule is CC(O)(CN)c1csc2ccccc12. The Labute approximate surface area is 87.0 Å². The van der Waals surface area contributed by atoms with Gasteiger partial charge in [-0.05, 0) is 23.8 Å². The molecule has 1 unspecified atom stereocenters. The monoisotopic (exact) mass is 207 g/mol. The summed E-state index contributed by atoms with van der Waals surface area (Å²) in [4.78, 5) is 0. The zero-order chi connectivity index (χ0) is 10.2. The average Bonchev–Trinajstić information content (AvgIpc) is 2.61. The van der Waals surface area contributed by atoms with Crippen LogP contribution in [0, 0.1) is 0 Å². The first-order chi connectivity index (χ1) is 6.65. The quantitative estimate of drug-likeness (QED) is 0.792. The topological polar surface area (TPSA) is 46.2 Å². The van der Waals surface area contributed by atoms with Crippen molar-refractivity contribution in [2.45, 2.75) is 12.5 Å². The molecule has 0 bridgehead atoms. The van der Waals surface area contributed by atoms with Crippen LogP contribution in [0.4, 0.5) is 0 Å². The van der Waals surface area contributed by atoms with E-state index in [0.29, 0.717) is 0 Å². The zero-order valence-electron chi connectivity index (χ0n) is 8.03. The van der Waals surface area contributed by atoms with Gasteiger partial charge in [-0.15, -0.1) is 11.3 Å². The van der Waals surface area contributed by atoms with E-state index in [9.17, 15) is 5.11 Å². The van der Waals surface area contributed by atoms with Crippen molar-refractivity contribution in [3.8, 4) is 0 Å². The molecular formula is C11H13NOS. The molecule has 0 saturated heterocycles. The van der Waals surface area contributed by atoms with Gasteiger partial charge in [0, 0.05) is 16.8 Å². The van der Waals surface area contributed by atoms with Gasteiger partial charge in [-0.1, -0.05) is 18.2 Å². The Hall–Kier alpha value is -0.900. The van der Waals surface area contributed by atoms with Gasteiger partial charge in [-0.3, -0.25) is 0 Å². The van der Waals surface area contributed by atoms with Crippen LogP contribution in [-0.4, -0.2) is 11.7 Å². The largest absolute Gasteiger partial charge is 0.384 e. The molecule has 0 radical (unpaired) electrons. The van der Waals surface area contributed by atoms with Crippen molar-refractivity contribution in [2.75, 3.05) is 6.54 Å². The maximum atomic E-state index is 10.1. The predicted octanol–water partition coefficient (Wildman–Crippen LogP) is 2.07. The number of hydrogen-bond acceptors (Lipinski definition) is 3. The van der Waals surface area contributed by atoms with Crippen molar-refractivity contribution in [2.24, 2.45) is 5.73 Å². The summed E-state index contributed by atoms with van der Waals surface area (Å²) in [6.45, 7) is 2.00. The normalized spacial score (nSPS) is 15.6. The van der Waals surface area contributed by atoms with Crippen LogP contribution >= 0.6 is 11.3 Å². The van der Waals surface area contributed by atoms with Gasteiger partial charge in [0.1, 0.15) is 5.60 Å². The fourth-order valence-electron chi connectivity index (χ4n) is 1.50. The van der Waals surface area contributed by atoms with E-state index < -0.39 is 5.60 Å². The van der Waals surface area contributed by atoms with Crippen LogP contribution in [0.25, 0.3) is 10.1 Å². The second-order valence-corrected chi connectivity index (χ2v) is 4.53. The molecular weight excluding hydrogens is 194 g/mol. The number of hydrogen-bond donors (Lipinski definition) is 2. The lowest BCUT2D eigenvalue weighted by Crippen LogP contribution is -2.30. The molecule has 0 saturated carbocycles. The first kappa shape index (κ1) is 9.65. The fraction of sp³-hybridized carbons (Fsp3) is 0.273. The molecule has 1 atom stereocenters. The summed E-state index contributed by atoms with van der Waals surface area (Å²) in [6, 6.07) is 8.05. The van der Waals surface area contributed by atoms with Gasteiger partial charge in [-0.25, -0.2) is 0 Å². The summed E-state index contributed by atoms with van der Waals surface area (Å²) in [7, 11) is 0. The molecule has 3 heteroatoms. The third-order valence-electron chi connectivity index (χ3n) is 2.46. The van der Waals surface area contributed by atoms with Crippen molar-refractivity contribution < 1.29 is 5.11 Å². The molecule has 0 aliphatic rings. The smallest absolute Gasteiger partial charge is 0.100 e. The molecule has 0 aliphatic carbocycles. The zero-order valence-corrected chi connectivity index (χ0v) is 8.84. The number of nitrogens with two attached hydrogens (primary N) is 1. The number of aliphatic hydroxyl groups is 1. The summed E-state index contributed by atoms with van der Waals surface area (Å²) in [5.74, 6) is 0. The lowest BCUT2D eigenvalue weighted by Gasteiger charge is -2.20. The molecule has 0 spiro atoms. The third-order valence-corrected chi connectivity index (χ3v) is 3.42. The van der Waals surface area contributed by atoms with E-state index in [-0.39, 0.29) is 6.54 Å². The molecule has 0 fully saturated rings. The minimum Gasteiger partial charge on any atom is -0.384 e. The molecule has 2 rings (SSSR count). The van der Waals surface area contributed by atoms with Crippen LogP contribution < -0.4 is 5.73 Å². The highest BCUT2D eigenvalue weighted by molar-refractivity contribution is 7.17. The summed E-state index contributed by atoms with van der Waals surface area (Å²) >= 11 is 1.64. The van der Waals surface area contributed by atoms with E-state index in [1.807, 2.05) is 23.6 Å². The summed E-state index contributed by atoms with van der Waals surface area (Å²) in [5, 5.41) is 13.2. The van der Waals surface area contributed by atoms with Crippen LogP contribution in [0.1, 0.15) is 12.5 Å². The molecule has 1 heterocycles. The van der Waals surface area contributed by atoms with Crippen molar-refractivity contribution in [1.82, 2.24) is 0 Å². The molecule has 2 nitrogen and oxygen atoms in total. The Morgan fingerprint density at radius 2 is 2.14 bits per heavy atom.